The summed E-state index contributed by atoms with van der Waals surface area (Å²) in [7, 11) is 0. The number of rotatable bonds is 5. The van der Waals surface area contributed by atoms with Crippen LogP contribution in [-0.4, -0.2) is 34.8 Å². The first-order valence-corrected chi connectivity index (χ1v) is 7.12. The minimum absolute atomic E-state index is 0.000462. The molecule has 18 heavy (non-hydrogen) atoms. The molecular formula is C14H26N2O2. The maximum Gasteiger partial charge on any atom is 0.245 e. The van der Waals surface area contributed by atoms with Crippen LogP contribution in [-0.2, 0) is 9.59 Å². The van der Waals surface area contributed by atoms with E-state index >= 15 is 0 Å². The number of hydrogen-bond donors (Lipinski definition) is 1. The quantitative estimate of drug-likeness (QED) is 0.816. The van der Waals surface area contributed by atoms with E-state index < -0.39 is 0 Å². The van der Waals surface area contributed by atoms with E-state index in [-0.39, 0.29) is 29.9 Å². The predicted molar refractivity (Wildman–Crippen MR) is 72.1 cm³/mol. The maximum absolute atomic E-state index is 12.5. The Morgan fingerprint density at radius 3 is 2.56 bits per heavy atom. The van der Waals surface area contributed by atoms with Crippen molar-refractivity contribution in [3.8, 4) is 0 Å². The van der Waals surface area contributed by atoms with Crippen LogP contribution in [0.3, 0.4) is 0 Å². The van der Waals surface area contributed by atoms with E-state index in [0.29, 0.717) is 6.42 Å². The van der Waals surface area contributed by atoms with Gasteiger partial charge in [-0.3, -0.25) is 9.59 Å². The standard InChI is InChI=1S/C14H26N2O2/c1-5-7-10(3)16-11(4)9-13(17)15-12(8-6-2)14(16)18/h10-12H,5-9H2,1-4H3,(H,15,17). The zero-order chi connectivity index (χ0) is 13.7. The summed E-state index contributed by atoms with van der Waals surface area (Å²) in [6.45, 7) is 8.21. The molecule has 1 N–H and O–H groups in total. The van der Waals surface area contributed by atoms with Crippen LogP contribution in [0.15, 0.2) is 0 Å². The fourth-order valence-corrected chi connectivity index (χ4v) is 2.77. The van der Waals surface area contributed by atoms with E-state index in [2.05, 4.69) is 19.2 Å². The number of hydrogen-bond acceptors (Lipinski definition) is 2. The highest BCUT2D eigenvalue weighted by atomic mass is 16.2. The monoisotopic (exact) mass is 254 g/mol. The van der Waals surface area contributed by atoms with Crippen LogP contribution in [0, 0.1) is 0 Å². The Hall–Kier alpha value is -1.06. The van der Waals surface area contributed by atoms with Gasteiger partial charge in [-0.1, -0.05) is 26.7 Å². The molecule has 4 heteroatoms. The van der Waals surface area contributed by atoms with Gasteiger partial charge in [-0.25, -0.2) is 0 Å². The molecule has 0 radical (unpaired) electrons. The van der Waals surface area contributed by atoms with Gasteiger partial charge in [-0.15, -0.1) is 0 Å². The lowest BCUT2D eigenvalue weighted by atomic mass is 10.1. The summed E-state index contributed by atoms with van der Waals surface area (Å²) >= 11 is 0. The van der Waals surface area contributed by atoms with E-state index in [1.54, 1.807) is 0 Å². The van der Waals surface area contributed by atoms with Gasteiger partial charge in [-0.2, -0.15) is 0 Å². The Bertz CT molecular complexity index is 304. The van der Waals surface area contributed by atoms with Gasteiger partial charge in [0.25, 0.3) is 0 Å². The summed E-state index contributed by atoms with van der Waals surface area (Å²) in [5.74, 6) is 0.0941. The van der Waals surface area contributed by atoms with E-state index in [1.165, 1.54) is 0 Å². The number of carbonyl (C=O) groups is 2. The van der Waals surface area contributed by atoms with Crippen molar-refractivity contribution >= 4 is 11.8 Å². The molecule has 0 aromatic carbocycles. The van der Waals surface area contributed by atoms with Crippen molar-refractivity contribution in [2.75, 3.05) is 0 Å². The van der Waals surface area contributed by atoms with Crippen molar-refractivity contribution in [3.63, 3.8) is 0 Å². The maximum atomic E-state index is 12.5. The summed E-state index contributed by atoms with van der Waals surface area (Å²) < 4.78 is 0. The fraction of sp³-hybridized carbons (Fsp3) is 0.857. The van der Waals surface area contributed by atoms with Crippen molar-refractivity contribution in [2.45, 2.75) is 77.9 Å². The van der Waals surface area contributed by atoms with E-state index in [0.717, 1.165) is 25.7 Å². The zero-order valence-electron chi connectivity index (χ0n) is 12.0. The van der Waals surface area contributed by atoms with Crippen LogP contribution in [0.25, 0.3) is 0 Å². The van der Waals surface area contributed by atoms with Crippen LogP contribution < -0.4 is 5.32 Å². The second-order valence-electron chi connectivity index (χ2n) is 5.35. The van der Waals surface area contributed by atoms with Crippen molar-refractivity contribution < 1.29 is 9.59 Å². The lowest BCUT2D eigenvalue weighted by molar-refractivity contribution is -0.137. The summed E-state index contributed by atoms with van der Waals surface area (Å²) in [5.41, 5.74) is 0. The Balaban J connectivity index is 2.89. The second-order valence-corrected chi connectivity index (χ2v) is 5.35. The van der Waals surface area contributed by atoms with Crippen molar-refractivity contribution in [1.29, 1.82) is 0 Å². The van der Waals surface area contributed by atoms with Gasteiger partial charge in [0, 0.05) is 18.5 Å². The first kappa shape index (κ1) is 15.0. The smallest absolute Gasteiger partial charge is 0.245 e. The SMILES string of the molecule is CCCC1NC(=O)CC(C)N(C(C)CCC)C1=O. The van der Waals surface area contributed by atoms with Crippen molar-refractivity contribution in [1.82, 2.24) is 10.2 Å². The molecule has 0 spiro atoms. The molecule has 3 atom stereocenters. The average molecular weight is 254 g/mol. The van der Waals surface area contributed by atoms with Crippen molar-refractivity contribution in [2.24, 2.45) is 0 Å². The predicted octanol–water partition coefficient (Wildman–Crippen LogP) is 2.08. The summed E-state index contributed by atoms with van der Waals surface area (Å²) in [4.78, 5) is 26.2. The highest BCUT2D eigenvalue weighted by Gasteiger charge is 2.35. The third-order valence-corrected chi connectivity index (χ3v) is 3.60. The molecule has 2 amide bonds. The first-order valence-electron chi connectivity index (χ1n) is 7.12. The molecular weight excluding hydrogens is 228 g/mol. The molecule has 0 aromatic rings. The summed E-state index contributed by atoms with van der Waals surface area (Å²) in [6, 6.07) is -0.114. The Labute approximate surface area is 110 Å². The van der Waals surface area contributed by atoms with Crippen LogP contribution in [0.4, 0.5) is 0 Å². The average Bonchev–Trinajstić information content (AvgIpc) is 2.37. The Morgan fingerprint density at radius 2 is 2.00 bits per heavy atom. The minimum atomic E-state index is -0.327. The number of carbonyl (C=O) groups excluding carboxylic acids is 2. The number of amides is 2. The highest BCUT2D eigenvalue weighted by Crippen LogP contribution is 2.19. The highest BCUT2D eigenvalue weighted by molar-refractivity contribution is 5.90. The molecule has 1 rings (SSSR count). The minimum Gasteiger partial charge on any atom is -0.344 e. The van der Waals surface area contributed by atoms with Crippen LogP contribution in [0.2, 0.25) is 0 Å². The van der Waals surface area contributed by atoms with Crippen LogP contribution in [0.5, 0.6) is 0 Å². The van der Waals surface area contributed by atoms with Gasteiger partial charge in [0.1, 0.15) is 6.04 Å². The van der Waals surface area contributed by atoms with Gasteiger partial charge < -0.3 is 10.2 Å². The van der Waals surface area contributed by atoms with E-state index in [9.17, 15) is 9.59 Å². The van der Waals surface area contributed by atoms with Crippen LogP contribution >= 0.6 is 0 Å². The molecule has 0 aliphatic carbocycles. The van der Waals surface area contributed by atoms with Gasteiger partial charge in [0.05, 0.1) is 0 Å². The third kappa shape index (κ3) is 3.47. The van der Waals surface area contributed by atoms with Gasteiger partial charge in [0.15, 0.2) is 0 Å². The topological polar surface area (TPSA) is 49.4 Å². The summed E-state index contributed by atoms with van der Waals surface area (Å²) in [6.07, 6.45) is 4.09. The molecule has 0 bridgehead atoms. The molecule has 1 fully saturated rings. The molecule has 1 saturated heterocycles. The number of nitrogens with zero attached hydrogens (tertiary/aromatic N) is 1. The van der Waals surface area contributed by atoms with Crippen LogP contribution in [0.1, 0.15) is 59.8 Å². The van der Waals surface area contributed by atoms with Gasteiger partial charge in [-0.05, 0) is 26.7 Å². The first-order chi connectivity index (χ1) is 8.51. The zero-order valence-corrected chi connectivity index (χ0v) is 12.0. The molecule has 0 aromatic heterocycles. The molecule has 0 saturated carbocycles. The molecule has 3 unspecified atom stereocenters. The Morgan fingerprint density at radius 1 is 1.33 bits per heavy atom. The Kier molecular flexibility index (Phi) is 5.63. The fourth-order valence-electron chi connectivity index (χ4n) is 2.77. The third-order valence-electron chi connectivity index (χ3n) is 3.60. The number of nitrogens with one attached hydrogen (secondary N) is 1. The molecule has 104 valence electrons. The second kappa shape index (κ2) is 6.76. The van der Waals surface area contributed by atoms with E-state index in [4.69, 9.17) is 0 Å². The summed E-state index contributed by atoms with van der Waals surface area (Å²) in [5, 5.41) is 2.86. The lowest BCUT2D eigenvalue weighted by Gasteiger charge is -2.34. The van der Waals surface area contributed by atoms with E-state index in [1.807, 2.05) is 18.7 Å². The largest absolute Gasteiger partial charge is 0.344 e. The normalized spacial score (nSPS) is 26.8. The lowest BCUT2D eigenvalue weighted by Crippen LogP contribution is -2.50. The molecule has 4 nitrogen and oxygen atoms in total. The van der Waals surface area contributed by atoms with Crippen molar-refractivity contribution in [3.05, 3.63) is 0 Å². The van der Waals surface area contributed by atoms with Gasteiger partial charge >= 0.3 is 0 Å². The van der Waals surface area contributed by atoms with Gasteiger partial charge in [0.2, 0.25) is 11.8 Å². The molecule has 1 heterocycles. The molecule has 1 aliphatic rings. The molecule has 1 aliphatic heterocycles.